The Kier molecular flexibility index (Phi) is 4.96. The summed E-state index contributed by atoms with van der Waals surface area (Å²) in [6.45, 7) is 6.97. The second-order valence-corrected chi connectivity index (χ2v) is 12.9. The molecule has 1 saturated carbocycles. The van der Waals surface area contributed by atoms with Crippen LogP contribution >= 0.6 is 0 Å². The second kappa shape index (κ2) is 7.25. The average Bonchev–Trinajstić information content (AvgIpc) is 3.11. The molecule has 0 heterocycles. The maximum absolute atomic E-state index is 4.26. The van der Waals surface area contributed by atoms with Crippen molar-refractivity contribution in [3.63, 3.8) is 0 Å². The number of benzene rings is 2. The first-order valence-corrected chi connectivity index (χ1v) is 12.3. The molecule has 27 heavy (non-hydrogen) atoms. The summed E-state index contributed by atoms with van der Waals surface area (Å²) >= 11 is 0. The van der Waals surface area contributed by atoms with E-state index in [0.717, 1.165) is 0 Å². The van der Waals surface area contributed by atoms with Crippen molar-refractivity contribution in [2.45, 2.75) is 44.7 Å². The van der Waals surface area contributed by atoms with Gasteiger partial charge in [-0.3, -0.25) is 0 Å². The third-order valence-electron chi connectivity index (χ3n) is 6.16. The molecular formula is C25H31NSi. The number of hydrogen-bond acceptors (Lipinski definition) is 1. The Morgan fingerprint density at radius 2 is 1.33 bits per heavy atom. The van der Waals surface area contributed by atoms with E-state index in [-0.39, 0.29) is 5.54 Å². The number of fused-ring (bicyclic) bond motifs is 1. The van der Waals surface area contributed by atoms with Crippen molar-refractivity contribution >= 4 is 18.6 Å². The molecule has 2 aromatic carbocycles. The monoisotopic (exact) mass is 373 g/mol. The molecule has 0 saturated heterocycles. The van der Waals surface area contributed by atoms with Crippen molar-refractivity contribution in [1.82, 2.24) is 4.98 Å². The molecule has 0 spiro atoms. The Hall–Kier alpha value is -1.90. The number of nitrogens with one attached hydrogen (secondary N) is 1. The van der Waals surface area contributed by atoms with Gasteiger partial charge in [0.05, 0.1) is 0 Å². The van der Waals surface area contributed by atoms with E-state index in [1.54, 1.807) is 0 Å². The van der Waals surface area contributed by atoms with Crippen molar-refractivity contribution in [2.75, 3.05) is 0 Å². The topological polar surface area (TPSA) is 12.0 Å². The van der Waals surface area contributed by atoms with E-state index >= 15 is 0 Å². The highest BCUT2D eigenvalue weighted by molar-refractivity contribution is 7.01. The second-order valence-electron chi connectivity index (χ2n) is 9.11. The van der Waals surface area contributed by atoms with Crippen LogP contribution in [0.2, 0.25) is 5.54 Å². The van der Waals surface area contributed by atoms with Gasteiger partial charge in [0.25, 0.3) is 0 Å². The fourth-order valence-electron chi connectivity index (χ4n) is 5.29. The van der Waals surface area contributed by atoms with Crippen molar-refractivity contribution in [3.8, 4) is 0 Å². The van der Waals surface area contributed by atoms with Gasteiger partial charge in [-0.2, -0.15) is 0 Å². The quantitative estimate of drug-likeness (QED) is 0.769. The van der Waals surface area contributed by atoms with Crippen LogP contribution in [0.15, 0.2) is 85.0 Å². The van der Waals surface area contributed by atoms with Crippen LogP contribution < -0.4 is 15.4 Å². The largest absolute Gasteiger partial charge is 0.325 e. The summed E-state index contributed by atoms with van der Waals surface area (Å²) in [6, 6.07) is 22.6. The van der Waals surface area contributed by atoms with E-state index in [1.165, 1.54) is 23.2 Å². The van der Waals surface area contributed by atoms with Crippen LogP contribution in [0.3, 0.4) is 0 Å². The minimum atomic E-state index is -2.19. The molecule has 2 aliphatic rings. The zero-order valence-electron chi connectivity index (χ0n) is 16.7. The molecule has 0 aromatic heterocycles. The Bertz CT molecular complexity index is 777. The van der Waals surface area contributed by atoms with Gasteiger partial charge < -0.3 is 4.98 Å². The third kappa shape index (κ3) is 3.49. The van der Waals surface area contributed by atoms with Crippen molar-refractivity contribution in [2.24, 2.45) is 11.8 Å². The smallest absolute Gasteiger partial charge is 0.194 e. The molecule has 0 aliphatic heterocycles. The van der Waals surface area contributed by atoms with Crippen LogP contribution in [0.4, 0.5) is 0 Å². The van der Waals surface area contributed by atoms with Crippen molar-refractivity contribution in [1.29, 1.82) is 0 Å². The van der Waals surface area contributed by atoms with Gasteiger partial charge in [-0.1, -0.05) is 85.0 Å². The van der Waals surface area contributed by atoms with Gasteiger partial charge in [-0.15, -0.1) is 0 Å². The summed E-state index contributed by atoms with van der Waals surface area (Å²) in [6.07, 6.45) is 12.0. The highest BCUT2D eigenvalue weighted by atomic mass is 28.3. The predicted octanol–water partition coefficient (Wildman–Crippen LogP) is 4.66. The van der Waals surface area contributed by atoms with Gasteiger partial charge in [0, 0.05) is 5.54 Å². The van der Waals surface area contributed by atoms with Crippen LogP contribution in [0.5, 0.6) is 0 Å². The third-order valence-corrected chi connectivity index (χ3v) is 11.6. The summed E-state index contributed by atoms with van der Waals surface area (Å²) in [5, 5.41) is 3.03. The fourth-order valence-corrected chi connectivity index (χ4v) is 11.1. The lowest BCUT2D eigenvalue weighted by Crippen LogP contribution is -2.75. The predicted molar refractivity (Wildman–Crippen MR) is 119 cm³/mol. The van der Waals surface area contributed by atoms with E-state index in [1.807, 2.05) is 0 Å². The SMILES string of the molecule is CC(C)(C)N[Si](c1ccccc1)(c1ccccc1)C1CCC2C=CC=CC21. The van der Waals surface area contributed by atoms with E-state index in [9.17, 15) is 0 Å². The average molecular weight is 374 g/mol. The molecule has 140 valence electrons. The maximum atomic E-state index is 4.26. The Balaban J connectivity index is 1.93. The molecule has 3 atom stereocenters. The summed E-state index contributed by atoms with van der Waals surface area (Å²) in [5.41, 5.74) is 0.720. The van der Waals surface area contributed by atoms with Crippen LogP contribution in [0.25, 0.3) is 0 Å². The first-order chi connectivity index (χ1) is 13.0. The van der Waals surface area contributed by atoms with E-state index < -0.39 is 8.24 Å². The minimum Gasteiger partial charge on any atom is -0.325 e. The van der Waals surface area contributed by atoms with Crippen LogP contribution in [-0.2, 0) is 0 Å². The zero-order chi connectivity index (χ0) is 18.9. The molecule has 2 aromatic rings. The number of hydrogen-bond donors (Lipinski definition) is 1. The lowest BCUT2D eigenvalue weighted by Gasteiger charge is -2.46. The van der Waals surface area contributed by atoms with Crippen LogP contribution in [0.1, 0.15) is 33.6 Å². The highest BCUT2D eigenvalue weighted by Crippen LogP contribution is 2.48. The zero-order valence-corrected chi connectivity index (χ0v) is 17.7. The molecule has 1 fully saturated rings. The molecule has 2 heteroatoms. The molecule has 0 amide bonds. The Labute approximate surface area is 165 Å². The van der Waals surface area contributed by atoms with Gasteiger partial charge in [0.15, 0.2) is 8.24 Å². The van der Waals surface area contributed by atoms with E-state index in [2.05, 4.69) is 111 Å². The van der Waals surface area contributed by atoms with Gasteiger partial charge in [-0.25, -0.2) is 0 Å². The molecule has 1 N–H and O–H groups in total. The number of allylic oxidation sites excluding steroid dienone is 4. The van der Waals surface area contributed by atoms with Crippen LogP contribution in [0, 0.1) is 11.8 Å². The fraction of sp³-hybridized carbons (Fsp3) is 0.360. The Morgan fingerprint density at radius 1 is 0.778 bits per heavy atom. The van der Waals surface area contributed by atoms with Gasteiger partial charge in [0.2, 0.25) is 0 Å². The first kappa shape index (κ1) is 18.5. The van der Waals surface area contributed by atoms with Gasteiger partial charge >= 0.3 is 0 Å². The minimum absolute atomic E-state index is 0.0597. The molecule has 4 rings (SSSR count). The Morgan fingerprint density at radius 3 is 1.89 bits per heavy atom. The highest BCUT2D eigenvalue weighted by Gasteiger charge is 2.53. The van der Waals surface area contributed by atoms with Crippen molar-refractivity contribution < 1.29 is 0 Å². The van der Waals surface area contributed by atoms with Crippen LogP contribution in [-0.4, -0.2) is 13.8 Å². The van der Waals surface area contributed by atoms with Crippen molar-refractivity contribution in [3.05, 3.63) is 85.0 Å². The molecule has 1 nitrogen and oxygen atoms in total. The van der Waals surface area contributed by atoms with E-state index in [4.69, 9.17) is 0 Å². The number of rotatable bonds is 4. The molecule has 0 radical (unpaired) electrons. The van der Waals surface area contributed by atoms with Gasteiger partial charge in [0.1, 0.15) is 0 Å². The summed E-state index contributed by atoms with van der Waals surface area (Å²) in [4.78, 5) is 4.26. The maximum Gasteiger partial charge on any atom is 0.194 e. The standard InChI is InChI=1S/C25H31NSi/c1-25(2,3)26-27(21-13-6-4-7-14-21,22-15-8-5-9-16-22)24-19-18-20-12-10-11-17-23(20)24/h4-17,20,23-24,26H,18-19H2,1-3H3. The molecule has 0 bridgehead atoms. The summed E-state index contributed by atoms with van der Waals surface area (Å²) in [7, 11) is -2.19. The first-order valence-electron chi connectivity index (χ1n) is 10.3. The molecular weight excluding hydrogens is 342 g/mol. The molecule has 2 aliphatic carbocycles. The lowest BCUT2D eigenvalue weighted by molar-refractivity contribution is 0.493. The normalized spacial score (nSPS) is 24.8. The van der Waals surface area contributed by atoms with Gasteiger partial charge in [-0.05, 0) is 61.4 Å². The lowest BCUT2D eigenvalue weighted by atomic mass is 9.92. The van der Waals surface area contributed by atoms with E-state index in [0.29, 0.717) is 17.4 Å². The summed E-state index contributed by atoms with van der Waals surface area (Å²) < 4.78 is 0. The molecule has 3 unspecified atom stereocenters. The summed E-state index contributed by atoms with van der Waals surface area (Å²) in [5.74, 6) is 1.33.